The molecule has 1 aliphatic rings. The lowest BCUT2D eigenvalue weighted by molar-refractivity contribution is -0.128. The van der Waals surface area contributed by atoms with Crippen LogP contribution in [-0.4, -0.2) is 42.4 Å². The zero-order valence-electron chi connectivity index (χ0n) is 13.1. The van der Waals surface area contributed by atoms with Crippen molar-refractivity contribution in [3.63, 3.8) is 0 Å². The Labute approximate surface area is 135 Å². The Kier molecular flexibility index (Phi) is 5.71. The highest BCUT2D eigenvalue weighted by molar-refractivity contribution is 8.13. The van der Waals surface area contributed by atoms with E-state index in [1.807, 2.05) is 23.1 Å². The van der Waals surface area contributed by atoms with E-state index in [1.54, 1.807) is 21.1 Å². The third-order valence-corrected chi connectivity index (χ3v) is 4.68. The number of rotatable bonds is 6. The lowest BCUT2D eigenvalue weighted by atomic mass is 10.1. The van der Waals surface area contributed by atoms with E-state index in [0.717, 1.165) is 5.56 Å². The molecule has 0 bridgehead atoms. The molecule has 0 radical (unpaired) electrons. The lowest BCUT2D eigenvalue weighted by Crippen LogP contribution is -2.24. The van der Waals surface area contributed by atoms with Crippen LogP contribution in [-0.2, 0) is 16.1 Å². The SMILES string of the molecule is COc1ccc(CN2CC(CSC(C)=O)CC2=O)cc1OC. The Morgan fingerprint density at radius 1 is 1.32 bits per heavy atom. The Hall–Kier alpha value is -1.69. The quantitative estimate of drug-likeness (QED) is 0.804. The molecule has 0 aromatic heterocycles. The van der Waals surface area contributed by atoms with Crippen LogP contribution in [0.5, 0.6) is 11.5 Å². The van der Waals surface area contributed by atoms with E-state index >= 15 is 0 Å². The molecule has 0 saturated carbocycles. The Balaban J connectivity index is 1.98. The molecule has 1 atom stereocenters. The first kappa shape index (κ1) is 16.7. The summed E-state index contributed by atoms with van der Waals surface area (Å²) in [4.78, 5) is 25.0. The van der Waals surface area contributed by atoms with Gasteiger partial charge in [-0.2, -0.15) is 0 Å². The predicted molar refractivity (Wildman–Crippen MR) is 86.2 cm³/mol. The van der Waals surface area contributed by atoms with Crippen LogP contribution in [0.4, 0.5) is 0 Å². The van der Waals surface area contributed by atoms with E-state index in [4.69, 9.17) is 9.47 Å². The monoisotopic (exact) mass is 323 g/mol. The van der Waals surface area contributed by atoms with Crippen LogP contribution in [0.1, 0.15) is 18.9 Å². The van der Waals surface area contributed by atoms with Crippen LogP contribution in [0.15, 0.2) is 18.2 Å². The van der Waals surface area contributed by atoms with Crippen LogP contribution in [0, 0.1) is 5.92 Å². The molecule has 5 nitrogen and oxygen atoms in total. The second-order valence-corrected chi connectivity index (χ2v) is 6.53. The summed E-state index contributed by atoms with van der Waals surface area (Å²) >= 11 is 1.30. The summed E-state index contributed by atoms with van der Waals surface area (Å²) in [5, 5.41) is 0.103. The molecule has 1 unspecified atom stereocenters. The fourth-order valence-electron chi connectivity index (χ4n) is 2.55. The summed E-state index contributed by atoms with van der Waals surface area (Å²) < 4.78 is 10.5. The van der Waals surface area contributed by atoms with Gasteiger partial charge in [-0.1, -0.05) is 17.8 Å². The summed E-state index contributed by atoms with van der Waals surface area (Å²) in [6, 6.07) is 5.67. The number of likely N-dealkylation sites (tertiary alicyclic amines) is 1. The molecule has 6 heteroatoms. The second-order valence-electron chi connectivity index (χ2n) is 5.34. The number of thioether (sulfide) groups is 1. The molecule has 1 fully saturated rings. The van der Waals surface area contributed by atoms with Gasteiger partial charge in [-0.3, -0.25) is 9.59 Å². The van der Waals surface area contributed by atoms with Crippen molar-refractivity contribution in [1.82, 2.24) is 4.90 Å². The minimum Gasteiger partial charge on any atom is -0.493 e. The number of carbonyl (C=O) groups excluding carboxylic acids is 2. The maximum atomic E-state index is 12.1. The van der Waals surface area contributed by atoms with Crippen molar-refractivity contribution < 1.29 is 19.1 Å². The maximum absolute atomic E-state index is 12.1. The summed E-state index contributed by atoms with van der Waals surface area (Å²) in [5.74, 6) is 2.44. The van der Waals surface area contributed by atoms with Gasteiger partial charge in [0.2, 0.25) is 5.91 Å². The van der Waals surface area contributed by atoms with Crippen molar-refractivity contribution in [3.05, 3.63) is 23.8 Å². The van der Waals surface area contributed by atoms with E-state index in [2.05, 4.69) is 0 Å². The molecule has 0 N–H and O–H groups in total. The van der Waals surface area contributed by atoms with Gasteiger partial charge < -0.3 is 14.4 Å². The van der Waals surface area contributed by atoms with Gasteiger partial charge in [-0.15, -0.1) is 0 Å². The predicted octanol–water partition coefficient (Wildman–Crippen LogP) is 2.33. The van der Waals surface area contributed by atoms with Gasteiger partial charge in [0.1, 0.15) is 0 Å². The molecule has 22 heavy (non-hydrogen) atoms. The average Bonchev–Trinajstić information content (AvgIpc) is 2.85. The molecule has 1 aromatic carbocycles. The number of hydrogen-bond acceptors (Lipinski definition) is 5. The highest BCUT2D eigenvalue weighted by Gasteiger charge is 2.29. The van der Waals surface area contributed by atoms with Gasteiger partial charge in [-0.05, 0) is 23.6 Å². The molecule has 0 spiro atoms. The van der Waals surface area contributed by atoms with Crippen molar-refractivity contribution in [3.8, 4) is 11.5 Å². The molecular formula is C16H21NO4S. The first-order chi connectivity index (χ1) is 10.5. The third-order valence-electron chi connectivity index (χ3n) is 3.64. The van der Waals surface area contributed by atoms with Crippen LogP contribution in [0.2, 0.25) is 0 Å². The van der Waals surface area contributed by atoms with Gasteiger partial charge in [0.15, 0.2) is 16.6 Å². The summed E-state index contributed by atoms with van der Waals surface area (Å²) in [5.41, 5.74) is 1.01. The highest BCUT2D eigenvalue weighted by atomic mass is 32.2. The summed E-state index contributed by atoms with van der Waals surface area (Å²) in [6.07, 6.45) is 0.521. The summed E-state index contributed by atoms with van der Waals surface area (Å²) in [7, 11) is 3.19. The van der Waals surface area contributed by atoms with Crippen molar-refractivity contribution >= 4 is 22.8 Å². The van der Waals surface area contributed by atoms with E-state index in [-0.39, 0.29) is 16.9 Å². The number of methoxy groups -OCH3 is 2. The van der Waals surface area contributed by atoms with Crippen LogP contribution in [0.3, 0.4) is 0 Å². The van der Waals surface area contributed by atoms with Crippen LogP contribution in [0.25, 0.3) is 0 Å². The normalized spacial score (nSPS) is 17.7. The van der Waals surface area contributed by atoms with Crippen molar-refractivity contribution in [2.75, 3.05) is 26.5 Å². The molecule has 1 aromatic rings. The van der Waals surface area contributed by atoms with Crippen LogP contribution < -0.4 is 9.47 Å². The average molecular weight is 323 g/mol. The minimum absolute atomic E-state index is 0.103. The van der Waals surface area contributed by atoms with Gasteiger partial charge in [-0.25, -0.2) is 0 Å². The first-order valence-electron chi connectivity index (χ1n) is 7.15. The molecule has 1 heterocycles. The van der Waals surface area contributed by atoms with Crippen molar-refractivity contribution in [2.45, 2.75) is 19.9 Å². The Bertz CT molecular complexity index is 561. The fraction of sp³-hybridized carbons (Fsp3) is 0.500. The van der Waals surface area contributed by atoms with Crippen LogP contribution >= 0.6 is 11.8 Å². The number of ether oxygens (including phenoxy) is 2. The van der Waals surface area contributed by atoms with E-state index in [1.165, 1.54) is 11.8 Å². The van der Waals surface area contributed by atoms with Crippen molar-refractivity contribution in [2.24, 2.45) is 5.92 Å². The zero-order chi connectivity index (χ0) is 16.1. The fourth-order valence-corrected chi connectivity index (χ4v) is 3.25. The number of hydrogen-bond donors (Lipinski definition) is 0. The topological polar surface area (TPSA) is 55.8 Å². The second kappa shape index (κ2) is 7.54. The van der Waals surface area contributed by atoms with Gasteiger partial charge in [0, 0.05) is 32.2 Å². The van der Waals surface area contributed by atoms with Crippen molar-refractivity contribution in [1.29, 1.82) is 0 Å². The summed E-state index contributed by atoms with van der Waals surface area (Å²) in [6.45, 7) is 2.82. The number of benzene rings is 1. The molecule has 120 valence electrons. The minimum atomic E-state index is 0.103. The Morgan fingerprint density at radius 2 is 2.05 bits per heavy atom. The number of nitrogens with zero attached hydrogens (tertiary/aromatic N) is 1. The molecule has 1 aliphatic heterocycles. The molecule has 0 aliphatic carbocycles. The van der Waals surface area contributed by atoms with Gasteiger partial charge in [0.25, 0.3) is 0 Å². The molecule has 1 saturated heterocycles. The standard InChI is InChI=1S/C16H21NO4S/c1-11(18)22-10-13-7-16(19)17(9-13)8-12-4-5-14(20-2)15(6-12)21-3/h4-6,13H,7-10H2,1-3H3. The molecule has 2 rings (SSSR count). The first-order valence-corrected chi connectivity index (χ1v) is 8.14. The largest absolute Gasteiger partial charge is 0.493 e. The molecule has 1 amide bonds. The van der Waals surface area contributed by atoms with E-state index in [9.17, 15) is 9.59 Å². The third kappa shape index (κ3) is 4.16. The zero-order valence-corrected chi connectivity index (χ0v) is 13.9. The van der Waals surface area contributed by atoms with E-state index in [0.29, 0.717) is 36.8 Å². The van der Waals surface area contributed by atoms with Gasteiger partial charge in [0.05, 0.1) is 14.2 Å². The molecular weight excluding hydrogens is 302 g/mol. The van der Waals surface area contributed by atoms with E-state index < -0.39 is 0 Å². The number of amides is 1. The highest BCUT2D eigenvalue weighted by Crippen LogP contribution is 2.29. The maximum Gasteiger partial charge on any atom is 0.223 e. The smallest absolute Gasteiger partial charge is 0.223 e. The van der Waals surface area contributed by atoms with Gasteiger partial charge >= 0.3 is 0 Å². The Morgan fingerprint density at radius 3 is 2.68 bits per heavy atom. The number of carbonyl (C=O) groups is 2. The lowest BCUT2D eigenvalue weighted by Gasteiger charge is -2.17.